The van der Waals surface area contributed by atoms with Gasteiger partial charge in [0.1, 0.15) is 0 Å². The summed E-state index contributed by atoms with van der Waals surface area (Å²) in [6.07, 6.45) is 9.66. The summed E-state index contributed by atoms with van der Waals surface area (Å²) in [6, 6.07) is 16.4. The fourth-order valence-electron chi connectivity index (χ4n) is 4.41. The average Bonchev–Trinajstić information content (AvgIpc) is 3.42. The molecule has 5 nitrogen and oxygen atoms in total. The van der Waals surface area contributed by atoms with E-state index in [0.29, 0.717) is 5.69 Å². The van der Waals surface area contributed by atoms with Crippen molar-refractivity contribution in [2.75, 3.05) is 0 Å². The van der Waals surface area contributed by atoms with E-state index in [4.69, 9.17) is 11.6 Å². The molecule has 0 atom stereocenters. The van der Waals surface area contributed by atoms with E-state index in [1.54, 1.807) is 0 Å². The summed E-state index contributed by atoms with van der Waals surface area (Å²) in [5.74, 6) is 0. The van der Waals surface area contributed by atoms with E-state index >= 15 is 0 Å². The molecule has 0 saturated heterocycles. The van der Waals surface area contributed by atoms with Gasteiger partial charge < -0.3 is 4.57 Å². The van der Waals surface area contributed by atoms with E-state index in [1.165, 1.54) is 18.2 Å². The average molecular weight is 420 g/mol. The lowest BCUT2D eigenvalue weighted by Crippen LogP contribution is -1.98. The van der Waals surface area contributed by atoms with Gasteiger partial charge in [0.15, 0.2) is 5.69 Å². The Morgan fingerprint density at radius 1 is 0.938 bits per heavy atom. The monoisotopic (exact) mass is 419 g/mol. The molecule has 0 N–H and O–H groups in total. The van der Waals surface area contributed by atoms with E-state index in [-0.39, 0.29) is 0 Å². The second-order valence-electron chi connectivity index (χ2n) is 8.20. The van der Waals surface area contributed by atoms with Gasteiger partial charge in [0.05, 0.1) is 35.7 Å². The third kappa shape index (κ3) is 3.44. The van der Waals surface area contributed by atoms with Crippen LogP contribution in [0.4, 0.5) is 5.69 Å². The van der Waals surface area contributed by atoms with E-state index in [1.807, 2.05) is 48.4 Å². The minimum absolute atomic E-state index is 0.643. The number of aromatic nitrogens is 4. The van der Waals surface area contributed by atoms with Gasteiger partial charge in [-0.15, -0.1) is 0 Å². The largest absolute Gasteiger partial charge is 0.346 e. The van der Waals surface area contributed by atoms with Crippen molar-refractivity contribution >= 4 is 27.5 Å². The molecule has 5 heteroatoms. The smallest absolute Gasteiger partial charge is 0.187 e. The summed E-state index contributed by atoms with van der Waals surface area (Å²) in [7, 11) is 1.96. The van der Waals surface area contributed by atoms with Crippen LogP contribution in [-0.2, 0) is 13.6 Å². The van der Waals surface area contributed by atoms with Crippen LogP contribution in [0.3, 0.4) is 0 Å². The summed E-state index contributed by atoms with van der Waals surface area (Å²) in [5.41, 5.74) is 7.08. The van der Waals surface area contributed by atoms with Crippen LogP contribution < -0.4 is 0 Å². The van der Waals surface area contributed by atoms with Gasteiger partial charge in [0.25, 0.3) is 0 Å². The van der Waals surface area contributed by atoms with Gasteiger partial charge in [0.2, 0.25) is 0 Å². The normalized spacial score (nSPS) is 11.3. The van der Waals surface area contributed by atoms with Gasteiger partial charge in [-0.3, -0.25) is 9.67 Å². The lowest BCUT2D eigenvalue weighted by Gasteiger charge is -2.13. The zero-order valence-corrected chi connectivity index (χ0v) is 18.4. The molecule has 0 radical (unpaired) electrons. The summed E-state index contributed by atoms with van der Waals surface area (Å²) in [5, 5.41) is 6.67. The summed E-state index contributed by atoms with van der Waals surface area (Å²) in [4.78, 5) is 8.51. The van der Waals surface area contributed by atoms with E-state index in [9.17, 15) is 0 Å². The van der Waals surface area contributed by atoms with Crippen LogP contribution >= 0.6 is 0 Å². The molecule has 0 bridgehead atoms. The van der Waals surface area contributed by atoms with Gasteiger partial charge >= 0.3 is 0 Å². The highest BCUT2D eigenvalue weighted by Gasteiger charge is 2.16. The Balaban J connectivity index is 1.71. The first kappa shape index (κ1) is 20.0. The first-order chi connectivity index (χ1) is 15.7. The van der Waals surface area contributed by atoms with E-state index in [0.717, 1.165) is 51.8 Å². The van der Waals surface area contributed by atoms with Gasteiger partial charge in [-0.1, -0.05) is 50.1 Å². The predicted octanol–water partition coefficient (Wildman–Crippen LogP) is 7.00. The molecular formula is C27H25N5. The Kier molecular flexibility index (Phi) is 5.20. The van der Waals surface area contributed by atoms with Crippen LogP contribution in [0.15, 0.2) is 67.1 Å². The molecule has 0 fully saturated rings. The fraction of sp³-hybridized carbons (Fsp3) is 0.222. The predicted molar refractivity (Wildman–Crippen MR) is 131 cm³/mol. The molecule has 0 aliphatic heterocycles. The maximum absolute atomic E-state index is 7.29. The Hall–Kier alpha value is -3.91. The zero-order chi connectivity index (χ0) is 22.1. The van der Waals surface area contributed by atoms with Crippen LogP contribution in [0.1, 0.15) is 26.2 Å². The van der Waals surface area contributed by atoms with Crippen LogP contribution in [-0.4, -0.2) is 19.3 Å². The minimum atomic E-state index is 0.643. The number of pyridine rings is 1. The first-order valence-electron chi connectivity index (χ1n) is 11.1. The Labute approximate surface area is 187 Å². The molecule has 5 rings (SSSR count). The van der Waals surface area contributed by atoms with Crippen molar-refractivity contribution < 1.29 is 0 Å². The second-order valence-corrected chi connectivity index (χ2v) is 8.20. The standard InChI is InChI=1S/C27H25N5/c1-4-5-6-14-32-15-13-23-25(32)18-29-27(26(23)19-7-10-22(28-2)11-8-19)20-9-12-24-21(16-20)17-30-31(24)3/h7-13,15-18H,4-6,14H2,1,3H3. The van der Waals surface area contributed by atoms with Crippen LogP contribution in [0.2, 0.25) is 0 Å². The number of nitrogens with zero attached hydrogens (tertiary/aromatic N) is 5. The lowest BCUT2D eigenvalue weighted by atomic mass is 9.95. The maximum atomic E-state index is 7.29. The molecule has 0 aliphatic carbocycles. The number of hydrogen-bond donors (Lipinski definition) is 0. The SMILES string of the molecule is [C-]#[N+]c1ccc(-c2c(-c3ccc4c(cnn4C)c3)ncc3c2ccn3CCCCC)cc1. The van der Waals surface area contributed by atoms with Crippen LogP contribution in [0.5, 0.6) is 0 Å². The molecule has 2 aromatic carbocycles. The van der Waals surface area contributed by atoms with Crippen molar-refractivity contribution in [3.63, 3.8) is 0 Å². The fourth-order valence-corrected chi connectivity index (χ4v) is 4.41. The summed E-state index contributed by atoms with van der Waals surface area (Å²) in [6.45, 7) is 10.5. The molecule has 3 aromatic heterocycles. The number of fused-ring (bicyclic) bond motifs is 2. The highest BCUT2D eigenvalue weighted by molar-refractivity contribution is 6.02. The number of benzene rings is 2. The quantitative estimate of drug-likeness (QED) is 0.220. The second kappa shape index (κ2) is 8.32. The highest BCUT2D eigenvalue weighted by atomic mass is 15.2. The third-order valence-corrected chi connectivity index (χ3v) is 6.14. The number of rotatable bonds is 6. The molecule has 32 heavy (non-hydrogen) atoms. The van der Waals surface area contributed by atoms with Crippen molar-refractivity contribution in [1.29, 1.82) is 0 Å². The van der Waals surface area contributed by atoms with Crippen molar-refractivity contribution in [3.05, 3.63) is 78.5 Å². The Morgan fingerprint density at radius 3 is 2.53 bits per heavy atom. The van der Waals surface area contributed by atoms with Crippen molar-refractivity contribution in [3.8, 4) is 22.4 Å². The molecule has 0 spiro atoms. The van der Waals surface area contributed by atoms with Gasteiger partial charge in [-0.05, 0) is 30.2 Å². The Bertz CT molecular complexity index is 1450. The highest BCUT2D eigenvalue weighted by Crippen LogP contribution is 2.38. The lowest BCUT2D eigenvalue weighted by molar-refractivity contribution is 0.616. The number of hydrogen-bond acceptors (Lipinski definition) is 2. The summed E-state index contributed by atoms with van der Waals surface area (Å²) < 4.78 is 4.19. The van der Waals surface area contributed by atoms with Crippen LogP contribution in [0.25, 0.3) is 49.0 Å². The topological polar surface area (TPSA) is 40.0 Å². The van der Waals surface area contributed by atoms with E-state index < -0.39 is 0 Å². The molecule has 158 valence electrons. The van der Waals surface area contributed by atoms with Crippen molar-refractivity contribution in [2.24, 2.45) is 7.05 Å². The molecular weight excluding hydrogens is 394 g/mol. The Morgan fingerprint density at radius 2 is 1.75 bits per heavy atom. The maximum Gasteiger partial charge on any atom is 0.187 e. The van der Waals surface area contributed by atoms with Gasteiger partial charge in [0, 0.05) is 41.7 Å². The number of unbranched alkanes of at least 4 members (excludes halogenated alkanes) is 2. The minimum Gasteiger partial charge on any atom is -0.346 e. The third-order valence-electron chi connectivity index (χ3n) is 6.14. The van der Waals surface area contributed by atoms with Crippen molar-refractivity contribution in [2.45, 2.75) is 32.7 Å². The van der Waals surface area contributed by atoms with Gasteiger partial charge in [-0.2, -0.15) is 5.10 Å². The summed E-state index contributed by atoms with van der Waals surface area (Å²) >= 11 is 0. The van der Waals surface area contributed by atoms with E-state index in [2.05, 4.69) is 51.9 Å². The molecule has 0 unspecified atom stereocenters. The zero-order valence-electron chi connectivity index (χ0n) is 18.4. The molecule has 5 aromatic rings. The van der Waals surface area contributed by atoms with Gasteiger partial charge in [-0.25, -0.2) is 4.85 Å². The molecule has 0 amide bonds. The van der Waals surface area contributed by atoms with Crippen LogP contribution in [0, 0.1) is 6.57 Å². The molecule has 3 heterocycles. The van der Waals surface area contributed by atoms with Crippen molar-refractivity contribution in [1.82, 2.24) is 19.3 Å². The number of aryl methyl sites for hydroxylation is 2. The molecule has 0 saturated carbocycles. The molecule has 0 aliphatic rings. The first-order valence-corrected chi connectivity index (χ1v) is 11.1.